The van der Waals surface area contributed by atoms with Crippen molar-refractivity contribution >= 4 is 0 Å². The maximum Gasteiger partial charge on any atom is 0.119 e. The smallest absolute Gasteiger partial charge is 0.119 e. The van der Waals surface area contributed by atoms with Crippen LogP contribution in [0.15, 0.2) is 48.5 Å². The third kappa shape index (κ3) is 5.44. The van der Waals surface area contributed by atoms with Crippen LogP contribution in [-0.4, -0.2) is 12.2 Å². The third-order valence-electron chi connectivity index (χ3n) is 4.04. The molecule has 0 spiro atoms. The lowest BCUT2D eigenvalue weighted by Crippen LogP contribution is -1.90. The van der Waals surface area contributed by atoms with Crippen molar-refractivity contribution in [3.8, 4) is 11.5 Å². The van der Waals surface area contributed by atoms with E-state index in [4.69, 9.17) is 4.74 Å². The molecule has 0 radical (unpaired) electrons. The Labute approximate surface area is 133 Å². The molecular weight excluding hydrogens is 272 g/mol. The molecule has 2 aromatic carbocycles. The van der Waals surface area contributed by atoms with Crippen molar-refractivity contribution in [3.05, 3.63) is 59.7 Å². The third-order valence-corrected chi connectivity index (χ3v) is 4.04. The summed E-state index contributed by atoms with van der Waals surface area (Å²) in [4.78, 5) is 0. The van der Waals surface area contributed by atoms with Gasteiger partial charge in [-0.1, -0.05) is 49.6 Å². The van der Waals surface area contributed by atoms with E-state index in [1.807, 2.05) is 24.3 Å². The molecule has 0 unspecified atom stereocenters. The molecular formula is C20H26O2. The average molecular weight is 298 g/mol. The molecule has 2 heteroatoms. The van der Waals surface area contributed by atoms with E-state index >= 15 is 0 Å². The number of aryl methyl sites for hydroxylation is 2. The summed E-state index contributed by atoms with van der Waals surface area (Å²) in [5, 5.41) is 9.71. The summed E-state index contributed by atoms with van der Waals surface area (Å²) in [6.07, 6.45) is 8.22. The van der Waals surface area contributed by atoms with Gasteiger partial charge in [-0.25, -0.2) is 0 Å². The van der Waals surface area contributed by atoms with Crippen LogP contribution in [0.1, 0.15) is 43.2 Å². The summed E-state index contributed by atoms with van der Waals surface area (Å²) in [5.41, 5.74) is 2.42. The molecule has 0 bridgehead atoms. The summed E-state index contributed by atoms with van der Waals surface area (Å²) in [7, 11) is 1.71. The monoisotopic (exact) mass is 298 g/mol. The first-order valence-electron chi connectivity index (χ1n) is 8.19. The van der Waals surface area contributed by atoms with E-state index in [0.29, 0.717) is 5.75 Å². The Hall–Kier alpha value is -1.96. The summed E-state index contributed by atoms with van der Waals surface area (Å²) in [5.74, 6) is 1.38. The van der Waals surface area contributed by atoms with Gasteiger partial charge in [-0.05, 0) is 55.0 Å². The van der Waals surface area contributed by atoms with Crippen molar-refractivity contribution in [1.29, 1.82) is 0 Å². The molecule has 0 fully saturated rings. The van der Waals surface area contributed by atoms with Crippen LogP contribution in [0.5, 0.6) is 11.5 Å². The van der Waals surface area contributed by atoms with Gasteiger partial charge in [0, 0.05) is 0 Å². The van der Waals surface area contributed by atoms with Crippen molar-refractivity contribution in [2.24, 2.45) is 0 Å². The molecule has 2 rings (SSSR count). The molecule has 1 N–H and O–H groups in total. The lowest BCUT2D eigenvalue weighted by Gasteiger charge is -2.06. The largest absolute Gasteiger partial charge is 0.508 e. The molecule has 22 heavy (non-hydrogen) atoms. The number of phenols is 1. The fraction of sp³-hybridized carbons (Fsp3) is 0.400. The first-order valence-corrected chi connectivity index (χ1v) is 8.19. The van der Waals surface area contributed by atoms with Gasteiger partial charge in [-0.2, -0.15) is 0 Å². The van der Waals surface area contributed by atoms with Crippen LogP contribution >= 0.6 is 0 Å². The number of rotatable bonds is 9. The van der Waals surface area contributed by atoms with Crippen molar-refractivity contribution in [1.82, 2.24) is 0 Å². The van der Waals surface area contributed by atoms with Crippen LogP contribution in [0.3, 0.4) is 0 Å². The van der Waals surface area contributed by atoms with Gasteiger partial charge in [0.2, 0.25) is 0 Å². The minimum absolute atomic E-state index is 0.431. The topological polar surface area (TPSA) is 29.5 Å². The number of phenolic OH excluding ortho intramolecular Hbond substituents is 1. The SMILES string of the molecule is COc1cccc(CCCCCCCc2ccccc2O)c1. The molecule has 118 valence electrons. The van der Waals surface area contributed by atoms with E-state index in [2.05, 4.69) is 18.2 Å². The second-order valence-electron chi connectivity index (χ2n) is 5.75. The highest BCUT2D eigenvalue weighted by molar-refractivity contribution is 5.31. The molecule has 0 aliphatic carbocycles. The maximum atomic E-state index is 9.71. The lowest BCUT2D eigenvalue weighted by molar-refractivity contribution is 0.414. The van der Waals surface area contributed by atoms with Crippen molar-refractivity contribution in [2.75, 3.05) is 7.11 Å². The summed E-state index contributed by atoms with van der Waals surface area (Å²) in [6, 6.07) is 16.0. The van der Waals surface area contributed by atoms with Crippen molar-refractivity contribution in [2.45, 2.75) is 44.9 Å². The van der Waals surface area contributed by atoms with Gasteiger partial charge in [0.15, 0.2) is 0 Å². The number of unbranched alkanes of at least 4 members (excludes halogenated alkanes) is 4. The van der Waals surface area contributed by atoms with E-state index in [1.165, 1.54) is 31.2 Å². The molecule has 0 atom stereocenters. The lowest BCUT2D eigenvalue weighted by atomic mass is 10.0. The fourth-order valence-corrected chi connectivity index (χ4v) is 2.73. The zero-order chi connectivity index (χ0) is 15.6. The van der Waals surface area contributed by atoms with Gasteiger partial charge in [-0.3, -0.25) is 0 Å². The molecule has 0 saturated heterocycles. The predicted octanol–water partition coefficient (Wildman–Crippen LogP) is 5.14. The molecule has 0 aliphatic rings. The van der Waals surface area contributed by atoms with Gasteiger partial charge in [0.25, 0.3) is 0 Å². The molecule has 0 aromatic heterocycles. The average Bonchev–Trinajstić information content (AvgIpc) is 2.56. The minimum atomic E-state index is 0.431. The fourth-order valence-electron chi connectivity index (χ4n) is 2.73. The van der Waals surface area contributed by atoms with Crippen molar-refractivity contribution < 1.29 is 9.84 Å². The Morgan fingerprint density at radius 1 is 0.818 bits per heavy atom. The van der Waals surface area contributed by atoms with E-state index in [0.717, 1.165) is 30.6 Å². The van der Waals surface area contributed by atoms with Crippen LogP contribution in [0.4, 0.5) is 0 Å². The second-order valence-corrected chi connectivity index (χ2v) is 5.75. The van der Waals surface area contributed by atoms with E-state index in [-0.39, 0.29) is 0 Å². The maximum absolute atomic E-state index is 9.71. The minimum Gasteiger partial charge on any atom is -0.508 e. The summed E-state index contributed by atoms with van der Waals surface area (Å²) in [6.45, 7) is 0. The van der Waals surface area contributed by atoms with Crippen LogP contribution in [-0.2, 0) is 12.8 Å². The Morgan fingerprint density at radius 2 is 1.55 bits per heavy atom. The highest BCUT2D eigenvalue weighted by atomic mass is 16.5. The van der Waals surface area contributed by atoms with E-state index < -0.39 is 0 Å². The number of para-hydroxylation sites is 1. The molecule has 0 heterocycles. The van der Waals surface area contributed by atoms with Crippen LogP contribution in [0.2, 0.25) is 0 Å². The Morgan fingerprint density at radius 3 is 2.32 bits per heavy atom. The standard InChI is InChI=1S/C20H26O2/c1-22-19-14-9-11-17(16-19)10-5-3-2-4-6-12-18-13-7-8-15-20(18)21/h7-9,11,13-16,21H,2-6,10,12H2,1H3. The second kappa shape index (κ2) is 9.14. The number of ether oxygens (including phenoxy) is 1. The number of aromatic hydroxyl groups is 1. The number of methoxy groups -OCH3 is 1. The van der Waals surface area contributed by atoms with Crippen LogP contribution in [0, 0.1) is 0 Å². The number of hydrogen-bond donors (Lipinski definition) is 1. The van der Waals surface area contributed by atoms with Crippen LogP contribution in [0.25, 0.3) is 0 Å². The first-order chi connectivity index (χ1) is 10.8. The number of benzene rings is 2. The normalized spacial score (nSPS) is 10.6. The Bertz CT molecular complexity index is 563. The van der Waals surface area contributed by atoms with E-state index in [9.17, 15) is 5.11 Å². The molecule has 0 aliphatic heterocycles. The van der Waals surface area contributed by atoms with E-state index in [1.54, 1.807) is 13.2 Å². The van der Waals surface area contributed by atoms with Gasteiger partial charge in [0.1, 0.15) is 11.5 Å². The zero-order valence-electron chi connectivity index (χ0n) is 13.4. The first kappa shape index (κ1) is 16.4. The molecule has 2 nitrogen and oxygen atoms in total. The predicted molar refractivity (Wildman–Crippen MR) is 91.6 cm³/mol. The highest BCUT2D eigenvalue weighted by Crippen LogP contribution is 2.19. The summed E-state index contributed by atoms with van der Waals surface area (Å²) < 4.78 is 5.25. The number of hydrogen-bond acceptors (Lipinski definition) is 2. The molecule has 0 amide bonds. The van der Waals surface area contributed by atoms with Gasteiger partial charge < -0.3 is 9.84 Å². The van der Waals surface area contributed by atoms with Gasteiger partial charge >= 0.3 is 0 Å². The van der Waals surface area contributed by atoms with Crippen LogP contribution < -0.4 is 4.74 Å². The van der Waals surface area contributed by atoms with Crippen molar-refractivity contribution in [3.63, 3.8) is 0 Å². The molecule has 0 saturated carbocycles. The van der Waals surface area contributed by atoms with Gasteiger partial charge in [-0.15, -0.1) is 0 Å². The zero-order valence-corrected chi connectivity index (χ0v) is 13.4. The Balaban J connectivity index is 1.57. The molecule has 2 aromatic rings. The Kier molecular flexibility index (Phi) is 6.82. The summed E-state index contributed by atoms with van der Waals surface area (Å²) >= 11 is 0. The van der Waals surface area contributed by atoms with Gasteiger partial charge in [0.05, 0.1) is 7.11 Å². The quantitative estimate of drug-likeness (QED) is 0.650. The highest BCUT2D eigenvalue weighted by Gasteiger charge is 2.00.